The maximum atomic E-state index is 8.40. The Balaban J connectivity index is -0.00000000400. The summed E-state index contributed by atoms with van der Waals surface area (Å²) in [7, 11) is -2.83. The molecule has 0 saturated heterocycles. The van der Waals surface area contributed by atoms with Crippen molar-refractivity contribution in [3.63, 3.8) is 0 Å². The molecule has 56 valence electrons. The van der Waals surface area contributed by atoms with Crippen LogP contribution in [-0.4, -0.2) is 18.6 Å². The molecule has 0 aliphatic rings. The Morgan fingerprint density at radius 1 is 0.545 bits per heavy atom. The van der Waals surface area contributed by atoms with E-state index in [1.807, 2.05) is 0 Å². The fraction of sp³-hybridized carbons (Fsp3) is 0. The first kappa shape index (κ1) is 56.2. The minimum absolute atomic E-state index is 0. The van der Waals surface area contributed by atoms with Crippen molar-refractivity contribution in [3.05, 3.63) is 0 Å². The molecular weight excluding hydrogens is 258 g/mol. The molecule has 0 aromatic carbocycles. The van der Waals surface area contributed by atoms with Gasteiger partial charge in [-0.1, -0.05) is 0 Å². The van der Waals surface area contributed by atoms with E-state index in [9.17, 15) is 0 Å². The molecule has 0 aliphatic heterocycles. The standard InChI is InChI=1S/2O2Si.3O.2Sc/c2*1-3-2;;;;;/q;;3*-2;2*+3. The number of hydrogen-bond acceptors (Lipinski definition) is 4. The molecule has 11 heteroatoms. The molecule has 0 radical (unpaired) electrons. The summed E-state index contributed by atoms with van der Waals surface area (Å²) >= 11 is 0. The zero-order chi connectivity index (χ0) is 5.41. The summed E-state index contributed by atoms with van der Waals surface area (Å²) in [6, 6.07) is 0. The second-order valence-electron chi connectivity index (χ2n) is 0.167. The van der Waals surface area contributed by atoms with Gasteiger partial charge in [-0.25, -0.2) is 0 Å². The minimum Gasteiger partial charge on any atom is -2.00 e. The normalized spacial score (nSPS) is 1.45. The van der Waals surface area contributed by atoms with E-state index in [1.165, 1.54) is 0 Å². The van der Waals surface area contributed by atoms with Gasteiger partial charge in [0.05, 0.1) is 0 Å². The van der Waals surface area contributed by atoms with Crippen LogP contribution in [0.25, 0.3) is 0 Å². The third-order valence-electron chi connectivity index (χ3n) is 0. The smallest absolute Gasteiger partial charge is 2.00 e. The SMILES string of the molecule is O=[Si]=O.O=[Si]=O.[O-2].[O-2].[O-2].[Sc+3].[Sc+3]. The molecule has 0 bridgehead atoms. The Bertz CT molecular complexity index is 68.4. The Hall–Kier alpha value is 1.25. The summed E-state index contributed by atoms with van der Waals surface area (Å²) in [4.78, 5) is 0. The van der Waals surface area contributed by atoms with Crippen molar-refractivity contribution < 1.29 is 86.0 Å². The first-order valence-corrected chi connectivity index (χ1v) is 2.45. The number of hydrogen-bond donors (Lipinski definition) is 0. The molecule has 0 aromatic heterocycles. The Morgan fingerprint density at radius 2 is 0.545 bits per heavy atom. The van der Waals surface area contributed by atoms with Gasteiger partial charge in [0.1, 0.15) is 0 Å². The molecule has 0 N–H and O–H groups in total. The van der Waals surface area contributed by atoms with E-state index in [2.05, 4.69) is 0 Å². The van der Waals surface area contributed by atoms with Gasteiger partial charge in [0.2, 0.25) is 0 Å². The first-order chi connectivity index (χ1) is 2.83. The average molecular weight is 258 g/mol. The van der Waals surface area contributed by atoms with E-state index in [4.69, 9.17) is 17.8 Å². The summed E-state index contributed by atoms with van der Waals surface area (Å²) in [6.07, 6.45) is 0. The molecule has 0 unspecified atom stereocenters. The summed E-state index contributed by atoms with van der Waals surface area (Å²) in [6.45, 7) is 0. The third kappa shape index (κ3) is 613. The molecule has 0 rings (SSSR count). The van der Waals surface area contributed by atoms with Gasteiger partial charge in [0.15, 0.2) is 0 Å². The second-order valence-corrected chi connectivity index (χ2v) is 0.500. The molecule has 0 fully saturated rings. The van der Waals surface area contributed by atoms with Gasteiger partial charge in [0, 0.05) is 0 Å². The molecule has 11 heavy (non-hydrogen) atoms. The van der Waals surface area contributed by atoms with Crippen LogP contribution < -0.4 is 0 Å². The van der Waals surface area contributed by atoms with E-state index < -0.39 is 18.6 Å². The van der Waals surface area contributed by atoms with Gasteiger partial charge in [0.25, 0.3) is 0 Å². The van der Waals surface area contributed by atoms with Crippen molar-refractivity contribution in [2.24, 2.45) is 0 Å². The Labute approximate surface area is 104 Å². The van der Waals surface area contributed by atoms with E-state index in [-0.39, 0.29) is 68.1 Å². The minimum atomic E-state index is -1.42. The van der Waals surface area contributed by atoms with Crippen LogP contribution in [0.2, 0.25) is 0 Å². The largest absolute Gasteiger partial charge is 3.00 e. The van der Waals surface area contributed by atoms with Gasteiger partial charge < -0.3 is 16.4 Å². The predicted octanol–water partition coefficient (Wildman–Crippen LogP) is -1.60. The van der Waals surface area contributed by atoms with Crippen LogP contribution in [-0.2, 0) is 86.0 Å². The molecular formula is O7Sc2Si2. The van der Waals surface area contributed by atoms with Crippen LogP contribution in [0.15, 0.2) is 0 Å². The zero-order valence-electron chi connectivity index (χ0n) is 5.01. The van der Waals surface area contributed by atoms with Gasteiger partial charge in [-0.05, 0) is 0 Å². The van der Waals surface area contributed by atoms with Crippen LogP contribution in [0.1, 0.15) is 0 Å². The van der Waals surface area contributed by atoms with Crippen molar-refractivity contribution in [2.45, 2.75) is 0 Å². The average Bonchev–Trinajstić information content (AvgIpc) is 1.39. The van der Waals surface area contributed by atoms with Gasteiger partial charge in [-0.3, -0.25) is 17.8 Å². The van der Waals surface area contributed by atoms with Gasteiger partial charge in [-0.15, -0.1) is 0 Å². The molecule has 0 saturated carbocycles. The summed E-state index contributed by atoms with van der Waals surface area (Å²) in [5, 5.41) is 0. The van der Waals surface area contributed by atoms with Crippen molar-refractivity contribution in [1.82, 2.24) is 0 Å². The topological polar surface area (TPSA) is 154 Å². The Kier molecular flexibility index (Phi) is 571. The van der Waals surface area contributed by atoms with Crippen molar-refractivity contribution in [3.8, 4) is 0 Å². The van der Waals surface area contributed by atoms with Gasteiger partial charge in [-0.2, -0.15) is 0 Å². The van der Waals surface area contributed by atoms with Crippen LogP contribution in [0.3, 0.4) is 0 Å². The van der Waals surface area contributed by atoms with Crippen LogP contribution in [0.4, 0.5) is 0 Å². The first-order valence-electron chi connectivity index (χ1n) is 0.816. The molecule has 7 nitrogen and oxygen atoms in total. The molecule has 0 aliphatic carbocycles. The maximum Gasteiger partial charge on any atom is 3.00 e. The van der Waals surface area contributed by atoms with E-state index in [0.717, 1.165) is 0 Å². The van der Waals surface area contributed by atoms with E-state index in [0.29, 0.717) is 0 Å². The van der Waals surface area contributed by atoms with Crippen molar-refractivity contribution in [1.29, 1.82) is 0 Å². The maximum absolute atomic E-state index is 8.40. The fourth-order valence-corrected chi connectivity index (χ4v) is 0. The predicted molar refractivity (Wildman–Crippen MR) is 16.3 cm³/mol. The molecule has 0 spiro atoms. The number of rotatable bonds is 0. The van der Waals surface area contributed by atoms with Crippen molar-refractivity contribution >= 4 is 18.6 Å². The van der Waals surface area contributed by atoms with Gasteiger partial charge >= 0.3 is 70.3 Å². The fourth-order valence-electron chi connectivity index (χ4n) is 0. The third-order valence-corrected chi connectivity index (χ3v) is 0. The molecule has 0 heterocycles. The Morgan fingerprint density at radius 3 is 0.545 bits per heavy atom. The quantitative estimate of drug-likeness (QED) is 0.480. The summed E-state index contributed by atoms with van der Waals surface area (Å²) in [5.74, 6) is 0. The summed E-state index contributed by atoms with van der Waals surface area (Å²) < 4.78 is 33.6. The van der Waals surface area contributed by atoms with Crippen molar-refractivity contribution in [2.75, 3.05) is 0 Å². The molecule has 0 amide bonds. The molecule has 0 aromatic rings. The van der Waals surface area contributed by atoms with Crippen LogP contribution in [0, 0.1) is 0 Å². The second kappa shape index (κ2) is 112. The molecule has 0 atom stereocenters. The van der Waals surface area contributed by atoms with Crippen LogP contribution >= 0.6 is 0 Å². The van der Waals surface area contributed by atoms with E-state index >= 15 is 0 Å². The monoisotopic (exact) mass is 258 g/mol. The van der Waals surface area contributed by atoms with Crippen LogP contribution in [0.5, 0.6) is 0 Å². The van der Waals surface area contributed by atoms with E-state index in [1.54, 1.807) is 0 Å². The zero-order valence-corrected chi connectivity index (χ0v) is 10.6. The summed E-state index contributed by atoms with van der Waals surface area (Å²) in [5.41, 5.74) is 0.